The van der Waals surface area contributed by atoms with Crippen molar-refractivity contribution in [1.29, 1.82) is 0 Å². The van der Waals surface area contributed by atoms with E-state index in [9.17, 15) is 9.59 Å². The highest BCUT2D eigenvalue weighted by atomic mass is 35.5. The van der Waals surface area contributed by atoms with Crippen molar-refractivity contribution in [1.82, 2.24) is 4.90 Å². The highest BCUT2D eigenvalue weighted by molar-refractivity contribution is 8.26. The van der Waals surface area contributed by atoms with E-state index in [-0.39, 0.29) is 35.3 Å². The van der Waals surface area contributed by atoms with Gasteiger partial charge in [-0.3, -0.25) is 14.5 Å². The van der Waals surface area contributed by atoms with Gasteiger partial charge in [-0.15, -0.1) is 0 Å². The second-order valence-corrected chi connectivity index (χ2v) is 10.9. The molecular formula is C27H29ClN2O5S2. The molecular weight excluding hydrogens is 532 g/mol. The maximum Gasteiger partial charge on any atom is 0.266 e. The number of hydrogen-bond donors (Lipinski definition) is 1. The van der Waals surface area contributed by atoms with Crippen LogP contribution in [0.5, 0.6) is 11.5 Å². The SMILES string of the molecule is CCOc1cc(/C=C2\SC(=S)N(C[C@H]3CCCO3)C2=O)cc(Cl)c1OCC(=O)Nc1ccc(C)cc1C. The zero-order chi connectivity index (χ0) is 26.5. The number of ether oxygens (including phenoxy) is 3. The van der Waals surface area contributed by atoms with Crippen LogP contribution in [0.1, 0.15) is 36.5 Å². The summed E-state index contributed by atoms with van der Waals surface area (Å²) in [4.78, 5) is 27.6. The van der Waals surface area contributed by atoms with Crippen molar-refractivity contribution in [3.05, 3.63) is 56.9 Å². The van der Waals surface area contributed by atoms with E-state index in [4.69, 9.17) is 38.0 Å². The molecule has 0 aliphatic carbocycles. The molecule has 2 aromatic carbocycles. The monoisotopic (exact) mass is 560 g/mol. The maximum atomic E-state index is 13.0. The van der Waals surface area contributed by atoms with Gasteiger partial charge < -0.3 is 19.5 Å². The number of amides is 2. The quantitative estimate of drug-likeness (QED) is 0.309. The number of nitrogens with one attached hydrogen (secondary N) is 1. The van der Waals surface area contributed by atoms with Crippen molar-refractivity contribution in [3.63, 3.8) is 0 Å². The minimum absolute atomic E-state index is 0.0180. The van der Waals surface area contributed by atoms with Crippen molar-refractivity contribution in [2.75, 3.05) is 31.7 Å². The van der Waals surface area contributed by atoms with Gasteiger partial charge in [-0.2, -0.15) is 0 Å². The van der Waals surface area contributed by atoms with Gasteiger partial charge in [0.05, 0.1) is 29.2 Å². The first-order valence-corrected chi connectivity index (χ1v) is 13.7. The summed E-state index contributed by atoms with van der Waals surface area (Å²) in [5.41, 5.74) is 3.47. The van der Waals surface area contributed by atoms with Crippen LogP contribution < -0.4 is 14.8 Å². The van der Waals surface area contributed by atoms with Gasteiger partial charge in [0.15, 0.2) is 18.1 Å². The minimum atomic E-state index is -0.315. The van der Waals surface area contributed by atoms with Crippen LogP contribution in [-0.2, 0) is 14.3 Å². The lowest BCUT2D eigenvalue weighted by Gasteiger charge is -2.18. The number of halogens is 1. The Morgan fingerprint density at radius 2 is 2.11 bits per heavy atom. The van der Waals surface area contributed by atoms with E-state index in [0.717, 1.165) is 36.3 Å². The fraction of sp³-hybridized carbons (Fsp3) is 0.370. The van der Waals surface area contributed by atoms with Crippen LogP contribution in [0.3, 0.4) is 0 Å². The van der Waals surface area contributed by atoms with E-state index in [2.05, 4.69) is 5.32 Å². The van der Waals surface area contributed by atoms with Gasteiger partial charge >= 0.3 is 0 Å². The summed E-state index contributed by atoms with van der Waals surface area (Å²) < 4.78 is 17.7. The molecule has 1 atom stereocenters. The van der Waals surface area contributed by atoms with Gasteiger partial charge in [-0.25, -0.2) is 0 Å². The van der Waals surface area contributed by atoms with Crippen LogP contribution in [0.4, 0.5) is 5.69 Å². The molecule has 0 spiro atoms. The molecule has 2 fully saturated rings. The third kappa shape index (κ3) is 6.84. The van der Waals surface area contributed by atoms with Gasteiger partial charge in [0.25, 0.3) is 11.8 Å². The maximum absolute atomic E-state index is 13.0. The third-order valence-corrected chi connectivity index (χ3v) is 7.58. The van der Waals surface area contributed by atoms with Crippen LogP contribution in [-0.4, -0.2) is 53.5 Å². The zero-order valence-corrected chi connectivity index (χ0v) is 23.4. The topological polar surface area (TPSA) is 77.1 Å². The molecule has 2 saturated heterocycles. The molecule has 0 saturated carbocycles. The Balaban J connectivity index is 1.47. The molecule has 4 rings (SSSR count). The third-order valence-electron chi connectivity index (χ3n) is 5.92. The first-order chi connectivity index (χ1) is 17.7. The molecule has 0 aromatic heterocycles. The molecule has 7 nitrogen and oxygen atoms in total. The summed E-state index contributed by atoms with van der Waals surface area (Å²) in [5.74, 6) is 0.185. The molecule has 2 amide bonds. The van der Waals surface area contributed by atoms with Gasteiger partial charge in [0.1, 0.15) is 4.32 Å². The van der Waals surface area contributed by atoms with Crippen LogP contribution in [0.15, 0.2) is 35.2 Å². The first-order valence-electron chi connectivity index (χ1n) is 12.1. The van der Waals surface area contributed by atoms with Crippen LogP contribution in [0.2, 0.25) is 5.02 Å². The number of thioether (sulfide) groups is 1. The van der Waals surface area contributed by atoms with Crippen molar-refractivity contribution >= 4 is 63.5 Å². The minimum Gasteiger partial charge on any atom is -0.490 e. The smallest absolute Gasteiger partial charge is 0.266 e. The zero-order valence-electron chi connectivity index (χ0n) is 21.0. The number of nitrogens with zero attached hydrogens (tertiary/aromatic N) is 1. The van der Waals surface area contributed by atoms with Gasteiger partial charge in [-0.05, 0) is 69.0 Å². The molecule has 2 aliphatic heterocycles. The lowest BCUT2D eigenvalue weighted by Crippen LogP contribution is -2.35. The Morgan fingerprint density at radius 1 is 1.30 bits per heavy atom. The normalized spacial score (nSPS) is 18.5. The average Bonchev–Trinajstić information content (AvgIpc) is 3.45. The predicted molar refractivity (Wildman–Crippen MR) is 152 cm³/mol. The molecule has 2 heterocycles. The number of carbonyl (C=O) groups is 2. The highest BCUT2D eigenvalue weighted by Gasteiger charge is 2.34. The number of benzene rings is 2. The van der Waals surface area contributed by atoms with E-state index in [0.29, 0.717) is 33.7 Å². The fourth-order valence-electron chi connectivity index (χ4n) is 4.15. The summed E-state index contributed by atoms with van der Waals surface area (Å²) in [6, 6.07) is 9.20. The van der Waals surface area contributed by atoms with E-state index < -0.39 is 0 Å². The molecule has 2 aliphatic rings. The van der Waals surface area contributed by atoms with E-state index in [1.54, 1.807) is 23.1 Å². The van der Waals surface area contributed by atoms with Crippen LogP contribution in [0, 0.1) is 13.8 Å². The number of anilines is 1. The Hall–Kier alpha value is -2.59. The highest BCUT2D eigenvalue weighted by Crippen LogP contribution is 2.39. The van der Waals surface area contributed by atoms with Gasteiger partial charge in [-0.1, -0.05) is 53.3 Å². The number of aryl methyl sites for hydroxylation is 2. The first kappa shape index (κ1) is 27.4. The van der Waals surface area contributed by atoms with E-state index >= 15 is 0 Å². The Labute approximate surface area is 231 Å². The van der Waals surface area contributed by atoms with Crippen molar-refractivity contribution in [3.8, 4) is 11.5 Å². The summed E-state index contributed by atoms with van der Waals surface area (Å²) in [7, 11) is 0. The standard InChI is InChI=1S/C27H29ClN2O5S2/c1-4-33-22-12-18(13-23-26(32)30(27(36)37-23)14-19-6-5-9-34-19)11-20(28)25(22)35-15-24(31)29-21-8-7-16(2)10-17(21)3/h7-8,10-13,19H,4-6,9,14-15H2,1-3H3,(H,29,31)/b23-13-/t19-/m1/s1. The summed E-state index contributed by atoms with van der Waals surface area (Å²) >= 11 is 13.2. The van der Waals surface area contributed by atoms with E-state index in [1.807, 2.05) is 39.0 Å². The number of carbonyl (C=O) groups excluding carboxylic acids is 2. The average molecular weight is 561 g/mol. The lowest BCUT2D eigenvalue weighted by molar-refractivity contribution is -0.123. The molecule has 37 heavy (non-hydrogen) atoms. The molecule has 0 unspecified atom stereocenters. The van der Waals surface area contributed by atoms with Gasteiger partial charge in [0.2, 0.25) is 0 Å². The summed E-state index contributed by atoms with van der Waals surface area (Å²) in [5, 5.41) is 3.12. The second kappa shape index (κ2) is 12.3. The number of rotatable bonds is 9. The summed E-state index contributed by atoms with van der Waals surface area (Å²) in [6.45, 7) is 7.08. The molecule has 2 aromatic rings. The van der Waals surface area contributed by atoms with Crippen LogP contribution in [0.25, 0.3) is 6.08 Å². The Bertz CT molecular complexity index is 1240. The largest absolute Gasteiger partial charge is 0.490 e. The van der Waals surface area contributed by atoms with Crippen molar-refractivity contribution < 1.29 is 23.8 Å². The van der Waals surface area contributed by atoms with Crippen molar-refractivity contribution in [2.45, 2.75) is 39.7 Å². The summed E-state index contributed by atoms with van der Waals surface area (Å²) in [6.07, 6.45) is 3.67. The molecule has 0 radical (unpaired) electrons. The van der Waals surface area contributed by atoms with Gasteiger partial charge in [0, 0.05) is 12.3 Å². The second-order valence-electron chi connectivity index (χ2n) is 8.85. The predicted octanol–water partition coefficient (Wildman–Crippen LogP) is 5.75. The number of hydrogen-bond acceptors (Lipinski definition) is 7. The molecule has 1 N–H and O–H groups in total. The van der Waals surface area contributed by atoms with E-state index in [1.165, 1.54) is 11.8 Å². The number of thiocarbonyl (C=S) groups is 1. The molecule has 10 heteroatoms. The Kier molecular flexibility index (Phi) is 9.13. The molecule has 196 valence electrons. The molecule has 0 bridgehead atoms. The van der Waals surface area contributed by atoms with Crippen molar-refractivity contribution in [2.24, 2.45) is 0 Å². The Morgan fingerprint density at radius 3 is 2.81 bits per heavy atom. The fourth-order valence-corrected chi connectivity index (χ4v) is 5.70. The lowest BCUT2D eigenvalue weighted by atomic mass is 10.1. The van der Waals surface area contributed by atoms with Crippen LogP contribution >= 0.6 is 35.6 Å².